The first kappa shape index (κ1) is 29.8. The third kappa shape index (κ3) is 4.32. The van der Waals surface area contributed by atoms with Crippen molar-refractivity contribution in [1.82, 2.24) is 4.57 Å². The maximum absolute atomic E-state index is 2.52. The highest BCUT2D eigenvalue weighted by Crippen LogP contribution is 2.51. The van der Waals surface area contributed by atoms with Gasteiger partial charge in [0.2, 0.25) is 0 Å². The van der Waals surface area contributed by atoms with Crippen LogP contribution in [0.1, 0.15) is 0 Å². The second-order valence-electron chi connectivity index (χ2n) is 14.5. The molecule has 12 rings (SSSR count). The molecule has 2 heterocycles. The maximum Gasteiger partial charge on any atom is 0.0553 e. The molecule has 0 unspecified atom stereocenters. The van der Waals surface area contributed by atoms with Gasteiger partial charge in [-0.2, -0.15) is 0 Å². The summed E-state index contributed by atoms with van der Waals surface area (Å²) in [6.07, 6.45) is 0. The van der Waals surface area contributed by atoms with Crippen molar-refractivity contribution in [3.63, 3.8) is 0 Å². The zero-order valence-electron chi connectivity index (χ0n) is 29.3. The quantitative estimate of drug-likeness (QED) is 0.172. The summed E-state index contributed by atoms with van der Waals surface area (Å²) in [7, 11) is 0. The second kappa shape index (κ2) is 11.4. The summed E-state index contributed by atoms with van der Waals surface area (Å²) in [5.74, 6) is 0. The Balaban J connectivity index is 1.19. The van der Waals surface area contributed by atoms with Crippen molar-refractivity contribution in [2.24, 2.45) is 0 Å². The predicted molar refractivity (Wildman–Crippen MR) is 232 cm³/mol. The fraction of sp³-hybridized carbons (Fsp3) is 0. The maximum atomic E-state index is 2.52. The second-order valence-corrected chi connectivity index (χ2v) is 15.6. The third-order valence-corrected chi connectivity index (χ3v) is 12.6. The van der Waals surface area contributed by atoms with E-state index in [4.69, 9.17) is 0 Å². The number of aromatic nitrogens is 1. The van der Waals surface area contributed by atoms with Crippen molar-refractivity contribution in [1.29, 1.82) is 0 Å². The summed E-state index contributed by atoms with van der Waals surface area (Å²) in [6, 6.07) is 69.8. The highest BCUT2D eigenvalue weighted by atomic mass is 32.1. The minimum absolute atomic E-state index is 1.16. The van der Waals surface area contributed by atoms with Crippen molar-refractivity contribution >= 4 is 64.1 Å². The number of benzene rings is 9. The Hall–Kier alpha value is -6.74. The van der Waals surface area contributed by atoms with Gasteiger partial charge in [-0.1, -0.05) is 133 Å². The van der Waals surface area contributed by atoms with Gasteiger partial charge in [0.15, 0.2) is 0 Å². The summed E-state index contributed by atoms with van der Waals surface area (Å²) in [4.78, 5) is 0. The summed E-state index contributed by atoms with van der Waals surface area (Å²) >= 11 is 1.87. The number of thiophene rings is 1. The van der Waals surface area contributed by atoms with Gasteiger partial charge in [0.05, 0.1) is 11.0 Å². The summed E-state index contributed by atoms with van der Waals surface area (Å²) in [5.41, 5.74) is 16.1. The largest absolute Gasteiger partial charge is 0.309 e. The van der Waals surface area contributed by atoms with Crippen LogP contribution in [0.5, 0.6) is 0 Å². The van der Waals surface area contributed by atoms with E-state index in [0.717, 1.165) is 5.69 Å². The number of hydrogen-bond acceptors (Lipinski definition) is 1. The average Bonchev–Trinajstić information content (AvgIpc) is 3.89. The molecule has 2 heteroatoms. The molecule has 2 aromatic heterocycles. The van der Waals surface area contributed by atoms with E-state index < -0.39 is 0 Å². The molecule has 9 aromatic carbocycles. The summed E-state index contributed by atoms with van der Waals surface area (Å²) in [6.45, 7) is 0. The molecular formula is C52H31NS. The molecule has 0 atom stereocenters. The lowest BCUT2D eigenvalue weighted by Crippen LogP contribution is -1.96. The van der Waals surface area contributed by atoms with Crippen LogP contribution in [-0.2, 0) is 0 Å². The van der Waals surface area contributed by atoms with Crippen LogP contribution in [0.3, 0.4) is 0 Å². The van der Waals surface area contributed by atoms with Gasteiger partial charge in [0.25, 0.3) is 0 Å². The molecule has 250 valence electrons. The molecule has 0 N–H and O–H groups in total. The molecule has 0 saturated carbocycles. The van der Waals surface area contributed by atoms with E-state index in [9.17, 15) is 0 Å². The molecule has 0 fully saturated rings. The zero-order valence-corrected chi connectivity index (χ0v) is 30.1. The SMILES string of the molecule is c1ccc(-c2cc(-c3ccccc3)cc(-n3c4ccc(-c5ccc6sc7ccccc7c6c5)cc4c4c5cccc6c5c(cc43)-c3ccccc3-6)c2)cc1. The molecule has 0 aliphatic heterocycles. The monoisotopic (exact) mass is 701 g/mol. The Morgan fingerprint density at radius 2 is 0.889 bits per heavy atom. The molecule has 0 saturated heterocycles. The number of nitrogens with zero attached hydrogens (tertiary/aromatic N) is 1. The Kier molecular flexibility index (Phi) is 6.28. The predicted octanol–water partition coefficient (Wildman–Crippen LogP) is 15.0. The molecule has 54 heavy (non-hydrogen) atoms. The van der Waals surface area contributed by atoms with Crippen LogP contribution in [0.4, 0.5) is 0 Å². The van der Waals surface area contributed by atoms with E-state index in [1.807, 2.05) is 11.3 Å². The molecule has 0 amide bonds. The fourth-order valence-electron chi connectivity index (χ4n) is 9.08. The molecular weight excluding hydrogens is 671 g/mol. The first-order chi connectivity index (χ1) is 26.8. The van der Waals surface area contributed by atoms with E-state index in [2.05, 4.69) is 193 Å². The van der Waals surface area contributed by atoms with Crippen LogP contribution in [0.15, 0.2) is 188 Å². The van der Waals surface area contributed by atoms with E-state index >= 15 is 0 Å². The van der Waals surface area contributed by atoms with Crippen LogP contribution >= 0.6 is 11.3 Å². The normalized spacial score (nSPS) is 12.1. The van der Waals surface area contributed by atoms with Gasteiger partial charge in [0.1, 0.15) is 0 Å². The number of fused-ring (bicyclic) bond motifs is 10. The molecule has 1 aliphatic rings. The van der Waals surface area contributed by atoms with Gasteiger partial charge < -0.3 is 4.57 Å². The number of hydrogen-bond donors (Lipinski definition) is 0. The van der Waals surface area contributed by atoms with Crippen LogP contribution < -0.4 is 0 Å². The van der Waals surface area contributed by atoms with Gasteiger partial charge in [-0.05, 0) is 121 Å². The van der Waals surface area contributed by atoms with Crippen molar-refractivity contribution in [3.8, 4) is 61.3 Å². The minimum atomic E-state index is 1.16. The zero-order chi connectivity index (χ0) is 35.3. The van der Waals surface area contributed by atoms with E-state index in [0.29, 0.717) is 0 Å². The van der Waals surface area contributed by atoms with Gasteiger partial charge in [0, 0.05) is 36.6 Å². The fourth-order valence-corrected chi connectivity index (χ4v) is 10.2. The topological polar surface area (TPSA) is 4.93 Å². The van der Waals surface area contributed by atoms with Crippen LogP contribution in [0.2, 0.25) is 0 Å². The smallest absolute Gasteiger partial charge is 0.0553 e. The first-order valence-corrected chi connectivity index (χ1v) is 19.4. The van der Waals surface area contributed by atoms with Crippen molar-refractivity contribution in [2.45, 2.75) is 0 Å². The molecule has 0 radical (unpaired) electrons. The Labute approximate surface area is 316 Å². The van der Waals surface area contributed by atoms with Crippen LogP contribution in [-0.4, -0.2) is 4.57 Å². The summed E-state index contributed by atoms with van der Waals surface area (Å²) in [5, 5.41) is 7.87. The van der Waals surface area contributed by atoms with Crippen LogP contribution in [0, 0.1) is 0 Å². The molecule has 0 bridgehead atoms. The number of rotatable bonds is 4. The lowest BCUT2D eigenvalue weighted by Gasteiger charge is -2.15. The Bertz CT molecular complexity index is 3250. The molecule has 1 nitrogen and oxygen atoms in total. The van der Waals surface area contributed by atoms with E-state index in [1.165, 1.54) is 108 Å². The highest BCUT2D eigenvalue weighted by Gasteiger charge is 2.26. The molecule has 0 spiro atoms. The van der Waals surface area contributed by atoms with Gasteiger partial charge in [-0.3, -0.25) is 0 Å². The lowest BCUT2D eigenvalue weighted by atomic mass is 9.96. The van der Waals surface area contributed by atoms with E-state index in [-0.39, 0.29) is 0 Å². The lowest BCUT2D eigenvalue weighted by molar-refractivity contribution is 1.18. The van der Waals surface area contributed by atoms with Crippen molar-refractivity contribution < 1.29 is 0 Å². The molecule has 1 aliphatic carbocycles. The highest BCUT2D eigenvalue weighted by molar-refractivity contribution is 7.25. The van der Waals surface area contributed by atoms with Gasteiger partial charge >= 0.3 is 0 Å². The Morgan fingerprint density at radius 1 is 0.296 bits per heavy atom. The van der Waals surface area contributed by atoms with Crippen LogP contribution in [0.25, 0.3) is 114 Å². The standard InChI is InChI=1S/C52H31NS/c1-3-12-32(13-4-1)36-26-37(33-14-5-2-6-15-33)28-38(27-36)53-47-24-22-34(35-23-25-50-44(29-35)41-18-9-10-21-49(41)54-50)30-46(47)52-43-20-11-19-42-39-16-7-8-17-40(39)45(51(42)43)31-48(52)53/h1-31H. The Morgan fingerprint density at radius 3 is 1.65 bits per heavy atom. The minimum Gasteiger partial charge on any atom is -0.309 e. The van der Waals surface area contributed by atoms with Crippen molar-refractivity contribution in [2.75, 3.05) is 0 Å². The third-order valence-electron chi connectivity index (χ3n) is 11.5. The molecule has 11 aromatic rings. The van der Waals surface area contributed by atoms with Gasteiger partial charge in [-0.15, -0.1) is 11.3 Å². The van der Waals surface area contributed by atoms with Crippen molar-refractivity contribution in [3.05, 3.63) is 188 Å². The van der Waals surface area contributed by atoms with Gasteiger partial charge in [-0.25, -0.2) is 0 Å². The van der Waals surface area contributed by atoms with E-state index in [1.54, 1.807) is 0 Å². The summed E-state index contributed by atoms with van der Waals surface area (Å²) < 4.78 is 5.18. The average molecular weight is 702 g/mol. The first-order valence-electron chi connectivity index (χ1n) is 18.6.